The number of nitrogens with zero attached hydrogens (tertiary/aromatic N) is 1. The molecule has 0 aliphatic carbocycles. The van der Waals surface area contributed by atoms with Gasteiger partial charge in [-0.3, -0.25) is 10.1 Å². The fraction of sp³-hybridized carbons (Fsp3) is 0.381. The van der Waals surface area contributed by atoms with E-state index in [-0.39, 0.29) is 0 Å². The van der Waals surface area contributed by atoms with Crippen molar-refractivity contribution in [3.8, 4) is 5.75 Å². The van der Waals surface area contributed by atoms with Crippen LogP contribution < -0.4 is 10.1 Å². The minimum absolute atomic E-state index is 0.400. The molecule has 1 aliphatic heterocycles. The number of nitro groups is 1. The molecule has 7 heteroatoms. The van der Waals surface area contributed by atoms with Crippen LogP contribution in [0.4, 0.5) is 4.79 Å². The third kappa shape index (κ3) is 4.24. The zero-order valence-electron chi connectivity index (χ0n) is 16.3. The number of carbonyl (C=O) groups excluding carboxylic acids is 1. The van der Waals surface area contributed by atoms with Crippen LogP contribution in [0.2, 0.25) is 0 Å². The van der Waals surface area contributed by atoms with Crippen molar-refractivity contribution < 1.29 is 19.2 Å². The van der Waals surface area contributed by atoms with Gasteiger partial charge in [0.05, 0.1) is 0 Å². The number of carbonyl (C=O) groups is 1. The Labute approximate surface area is 163 Å². The van der Waals surface area contributed by atoms with Gasteiger partial charge in [-0.15, -0.1) is 0 Å². The molecule has 0 saturated carbocycles. The minimum atomic E-state index is -1.20. The molecule has 0 spiro atoms. The van der Waals surface area contributed by atoms with Gasteiger partial charge in [0.15, 0.2) is 6.10 Å². The highest BCUT2D eigenvalue weighted by molar-refractivity contribution is 5.69. The molecular weight excluding hydrogens is 360 g/mol. The van der Waals surface area contributed by atoms with Crippen LogP contribution in [0.1, 0.15) is 49.6 Å². The number of alkyl carbamates (subject to hydrolysis) is 1. The molecule has 2 aromatic rings. The highest BCUT2D eigenvalue weighted by Crippen LogP contribution is 2.42. The fourth-order valence-electron chi connectivity index (χ4n) is 3.26. The molecule has 28 heavy (non-hydrogen) atoms. The average Bonchev–Trinajstić information content (AvgIpc) is 2.60. The lowest BCUT2D eigenvalue weighted by atomic mass is 9.88. The van der Waals surface area contributed by atoms with Gasteiger partial charge in [0.1, 0.15) is 17.4 Å². The van der Waals surface area contributed by atoms with E-state index in [9.17, 15) is 14.9 Å². The lowest BCUT2D eigenvalue weighted by molar-refractivity contribution is -0.541. The summed E-state index contributed by atoms with van der Waals surface area (Å²) in [6.07, 6.45) is -1.55. The Kier molecular flexibility index (Phi) is 5.27. The molecule has 0 fully saturated rings. The molecule has 0 radical (unpaired) electrons. The van der Waals surface area contributed by atoms with E-state index in [1.807, 2.05) is 31.2 Å². The average molecular weight is 384 g/mol. The number of nitrogens with one attached hydrogen (secondary N) is 1. The van der Waals surface area contributed by atoms with Crippen LogP contribution in [-0.4, -0.2) is 22.7 Å². The topological polar surface area (TPSA) is 90.7 Å². The minimum Gasteiger partial charge on any atom is -0.478 e. The summed E-state index contributed by atoms with van der Waals surface area (Å²) in [5, 5.41) is 14.7. The largest absolute Gasteiger partial charge is 0.478 e. The Bertz CT molecular complexity index is 873. The SMILES string of the molecule is Cc1ccc([C@@H]2Oc3ccccc3[C@@H](NC(=O)OC(C)(C)C)[C@H]2[N+](=O)[O-])cc1. The van der Waals surface area contributed by atoms with Gasteiger partial charge in [-0.25, -0.2) is 4.79 Å². The van der Waals surface area contributed by atoms with Crippen molar-refractivity contribution in [1.29, 1.82) is 0 Å². The zero-order chi connectivity index (χ0) is 20.5. The van der Waals surface area contributed by atoms with E-state index in [0.717, 1.165) is 5.56 Å². The second-order valence-corrected chi connectivity index (χ2v) is 7.89. The number of amides is 1. The Morgan fingerprint density at radius 2 is 1.79 bits per heavy atom. The maximum atomic E-state index is 12.4. The molecule has 0 bridgehead atoms. The quantitative estimate of drug-likeness (QED) is 0.628. The monoisotopic (exact) mass is 384 g/mol. The summed E-state index contributed by atoms with van der Waals surface area (Å²) in [5.41, 5.74) is 1.56. The van der Waals surface area contributed by atoms with E-state index in [2.05, 4.69) is 5.32 Å². The van der Waals surface area contributed by atoms with Crippen LogP contribution >= 0.6 is 0 Å². The van der Waals surface area contributed by atoms with Gasteiger partial charge < -0.3 is 14.8 Å². The van der Waals surface area contributed by atoms with Gasteiger partial charge in [-0.1, -0.05) is 48.0 Å². The first-order chi connectivity index (χ1) is 13.2. The van der Waals surface area contributed by atoms with Gasteiger partial charge in [0, 0.05) is 10.5 Å². The molecule has 1 N–H and O–H groups in total. The number of para-hydroxylation sites is 1. The number of ether oxygens (including phenoxy) is 2. The van der Waals surface area contributed by atoms with E-state index in [4.69, 9.17) is 9.47 Å². The molecule has 3 atom stereocenters. The lowest BCUT2D eigenvalue weighted by Gasteiger charge is -2.35. The first-order valence-electron chi connectivity index (χ1n) is 9.11. The Morgan fingerprint density at radius 1 is 1.14 bits per heavy atom. The second-order valence-electron chi connectivity index (χ2n) is 7.89. The molecular formula is C21H24N2O5. The van der Waals surface area contributed by atoms with Crippen molar-refractivity contribution in [3.63, 3.8) is 0 Å². The number of fused-ring (bicyclic) bond motifs is 1. The summed E-state index contributed by atoms with van der Waals surface area (Å²) < 4.78 is 11.3. The smallest absolute Gasteiger partial charge is 0.408 e. The molecule has 3 rings (SSSR count). The standard InChI is InChI=1S/C21H24N2O5/c1-13-9-11-14(12-10-13)19-18(23(25)26)17(22-20(24)28-21(2,3)4)15-7-5-6-8-16(15)27-19/h5-12,17-19H,1-4H3,(H,22,24)/t17-,18-,19+/m1/s1. The molecule has 0 saturated heterocycles. The van der Waals surface area contributed by atoms with Gasteiger partial charge in [-0.05, 0) is 39.3 Å². The van der Waals surface area contributed by atoms with Crippen molar-refractivity contribution >= 4 is 6.09 Å². The molecule has 1 heterocycles. The van der Waals surface area contributed by atoms with Gasteiger partial charge in [0.2, 0.25) is 0 Å². The first-order valence-corrected chi connectivity index (χ1v) is 9.11. The van der Waals surface area contributed by atoms with E-state index in [1.165, 1.54) is 0 Å². The Hall–Kier alpha value is -3.09. The fourth-order valence-corrected chi connectivity index (χ4v) is 3.26. The predicted octanol–water partition coefficient (Wildman–Crippen LogP) is 4.34. The van der Waals surface area contributed by atoms with Gasteiger partial charge in [0.25, 0.3) is 6.04 Å². The van der Waals surface area contributed by atoms with Gasteiger partial charge in [-0.2, -0.15) is 0 Å². The van der Waals surface area contributed by atoms with Crippen LogP contribution in [0.3, 0.4) is 0 Å². The Morgan fingerprint density at radius 3 is 2.39 bits per heavy atom. The van der Waals surface area contributed by atoms with Crippen LogP contribution in [0.5, 0.6) is 5.75 Å². The molecule has 0 aromatic heterocycles. The van der Waals surface area contributed by atoms with Crippen molar-refractivity contribution in [2.24, 2.45) is 0 Å². The zero-order valence-corrected chi connectivity index (χ0v) is 16.3. The maximum absolute atomic E-state index is 12.4. The summed E-state index contributed by atoms with van der Waals surface area (Å²) >= 11 is 0. The van der Waals surface area contributed by atoms with Crippen LogP contribution in [0.25, 0.3) is 0 Å². The predicted molar refractivity (Wildman–Crippen MR) is 104 cm³/mol. The maximum Gasteiger partial charge on any atom is 0.408 e. The molecule has 0 unspecified atom stereocenters. The lowest BCUT2D eigenvalue weighted by Crippen LogP contribution is -2.48. The van der Waals surface area contributed by atoms with E-state index >= 15 is 0 Å². The van der Waals surface area contributed by atoms with Gasteiger partial charge >= 0.3 is 6.09 Å². The third-order valence-corrected chi connectivity index (χ3v) is 4.48. The molecule has 7 nitrogen and oxygen atoms in total. The van der Waals surface area contributed by atoms with Crippen molar-refractivity contribution in [2.45, 2.75) is 51.5 Å². The normalized spacial score (nSPS) is 21.2. The highest BCUT2D eigenvalue weighted by Gasteiger charge is 2.48. The summed E-state index contributed by atoms with van der Waals surface area (Å²) in [6.45, 7) is 7.17. The van der Waals surface area contributed by atoms with E-state index in [0.29, 0.717) is 16.9 Å². The van der Waals surface area contributed by atoms with Crippen molar-refractivity contribution in [3.05, 3.63) is 75.3 Å². The Balaban J connectivity index is 2.02. The van der Waals surface area contributed by atoms with Crippen molar-refractivity contribution in [2.75, 3.05) is 0 Å². The second kappa shape index (κ2) is 7.50. The van der Waals surface area contributed by atoms with E-state index < -0.39 is 34.8 Å². The van der Waals surface area contributed by atoms with Crippen LogP contribution in [0.15, 0.2) is 48.5 Å². The summed E-state index contributed by atoms with van der Waals surface area (Å²) in [4.78, 5) is 24.0. The molecule has 148 valence electrons. The molecule has 1 aliphatic rings. The number of hydrogen-bond donors (Lipinski definition) is 1. The highest BCUT2D eigenvalue weighted by atomic mass is 16.6. The van der Waals surface area contributed by atoms with E-state index in [1.54, 1.807) is 45.0 Å². The summed E-state index contributed by atoms with van der Waals surface area (Å²) in [7, 11) is 0. The number of hydrogen-bond acceptors (Lipinski definition) is 5. The number of aryl methyl sites for hydroxylation is 1. The molecule has 1 amide bonds. The summed E-state index contributed by atoms with van der Waals surface area (Å²) in [6, 6.07) is 12.3. The first kappa shape index (κ1) is 19.7. The number of benzene rings is 2. The molecule has 2 aromatic carbocycles. The summed E-state index contributed by atoms with van der Waals surface area (Å²) in [5.74, 6) is 0.507. The van der Waals surface area contributed by atoms with Crippen molar-refractivity contribution in [1.82, 2.24) is 5.32 Å². The number of rotatable bonds is 3. The third-order valence-electron chi connectivity index (χ3n) is 4.48. The van der Waals surface area contributed by atoms with Crippen LogP contribution in [-0.2, 0) is 4.74 Å². The van der Waals surface area contributed by atoms with Crippen LogP contribution in [0, 0.1) is 17.0 Å².